The van der Waals surface area contributed by atoms with Crippen LogP contribution in [0.1, 0.15) is 26.0 Å². The van der Waals surface area contributed by atoms with Gasteiger partial charge in [-0.15, -0.1) is 0 Å². The van der Waals surface area contributed by atoms with E-state index < -0.39 is 0 Å². The molecule has 0 aliphatic carbocycles. The Bertz CT molecular complexity index is 430. The standard InChI is InChI=1S/C14H20N4/c1-3-12(2)17-7-9-18(10-8-17)14-6-4-5-13(11-15)16-14/h4-6,12H,3,7-10H2,1-2H3. The van der Waals surface area contributed by atoms with Crippen LogP contribution in [0.2, 0.25) is 0 Å². The van der Waals surface area contributed by atoms with Crippen LogP contribution >= 0.6 is 0 Å². The Kier molecular flexibility index (Phi) is 4.16. The van der Waals surface area contributed by atoms with Gasteiger partial charge in [-0.2, -0.15) is 5.26 Å². The molecule has 4 nitrogen and oxygen atoms in total. The number of aromatic nitrogens is 1. The summed E-state index contributed by atoms with van der Waals surface area (Å²) in [4.78, 5) is 9.13. The van der Waals surface area contributed by atoms with Gasteiger partial charge < -0.3 is 4.90 Å². The van der Waals surface area contributed by atoms with E-state index in [-0.39, 0.29) is 0 Å². The van der Waals surface area contributed by atoms with Crippen LogP contribution in [0.4, 0.5) is 5.82 Å². The van der Waals surface area contributed by atoms with Crippen molar-refractivity contribution >= 4 is 5.82 Å². The zero-order chi connectivity index (χ0) is 13.0. The summed E-state index contributed by atoms with van der Waals surface area (Å²) in [6.45, 7) is 8.65. The maximum atomic E-state index is 8.87. The number of nitriles is 1. The van der Waals surface area contributed by atoms with Gasteiger partial charge in [0.15, 0.2) is 0 Å². The minimum atomic E-state index is 0.497. The van der Waals surface area contributed by atoms with E-state index in [9.17, 15) is 0 Å². The Morgan fingerprint density at radius 1 is 1.33 bits per heavy atom. The van der Waals surface area contributed by atoms with Gasteiger partial charge in [-0.1, -0.05) is 13.0 Å². The lowest BCUT2D eigenvalue weighted by Gasteiger charge is -2.38. The number of anilines is 1. The monoisotopic (exact) mass is 244 g/mol. The fourth-order valence-electron chi connectivity index (χ4n) is 2.31. The molecule has 2 heterocycles. The third kappa shape index (κ3) is 2.80. The summed E-state index contributed by atoms with van der Waals surface area (Å²) in [5, 5.41) is 8.87. The molecule has 0 amide bonds. The molecule has 1 aliphatic rings. The smallest absolute Gasteiger partial charge is 0.142 e. The van der Waals surface area contributed by atoms with Crippen LogP contribution in [-0.4, -0.2) is 42.1 Å². The minimum Gasteiger partial charge on any atom is -0.354 e. The molecule has 0 spiro atoms. The molecule has 0 N–H and O–H groups in total. The van der Waals surface area contributed by atoms with Gasteiger partial charge >= 0.3 is 0 Å². The highest BCUT2D eigenvalue weighted by Crippen LogP contribution is 2.15. The van der Waals surface area contributed by atoms with E-state index in [1.165, 1.54) is 6.42 Å². The van der Waals surface area contributed by atoms with E-state index in [2.05, 4.69) is 34.7 Å². The fraction of sp³-hybridized carbons (Fsp3) is 0.571. The Labute approximate surface area is 109 Å². The maximum absolute atomic E-state index is 8.87. The molecule has 1 atom stereocenters. The molecular weight excluding hydrogens is 224 g/mol. The quantitative estimate of drug-likeness (QED) is 0.814. The van der Waals surface area contributed by atoms with E-state index in [1.54, 1.807) is 6.07 Å². The van der Waals surface area contributed by atoms with Crippen LogP contribution in [-0.2, 0) is 0 Å². The number of nitrogens with zero attached hydrogens (tertiary/aromatic N) is 4. The Morgan fingerprint density at radius 3 is 2.67 bits per heavy atom. The molecule has 96 valence electrons. The Balaban J connectivity index is 1.99. The number of hydrogen-bond acceptors (Lipinski definition) is 4. The van der Waals surface area contributed by atoms with Crippen molar-refractivity contribution in [3.8, 4) is 6.07 Å². The van der Waals surface area contributed by atoms with Gasteiger partial charge in [0.1, 0.15) is 17.6 Å². The topological polar surface area (TPSA) is 43.2 Å². The van der Waals surface area contributed by atoms with Gasteiger partial charge in [0.05, 0.1) is 0 Å². The second kappa shape index (κ2) is 5.83. The van der Waals surface area contributed by atoms with E-state index in [0.717, 1.165) is 32.0 Å². The molecule has 4 heteroatoms. The zero-order valence-corrected chi connectivity index (χ0v) is 11.1. The molecule has 0 saturated carbocycles. The SMILES string of the molecule is CCC(C)N1CCN(c2cccc(C#N)n2)CC1. The van der Waals surface area contributed by atoms with E-state index in [4.69, 9.17) is 5.26 Å². The van der Waals surface area contributed by atoms with Gasteiger partial charge in [-0.25, -0.2) is 4.98 Å². The lowest BCUT2D eigenvalue weighted by Crippen LogP contribution is -2.49. The maximum Gasteiger partial charge on any atom is 0.142 e. The van der Waals surface area contributed by atoms with E-state index >= 15 is 0 Å². The van der Waals surface area contributed by atoms with Gasteiger partial charge in [0.2, 0.25) is 0 Å². The molecule has 0 radical (unpaired) electrons. The van der Waals surface area contributed by atoms with E-state index in [1.807, 2.05) is 12.1 Å². The third-order valence-electron chi connectivity index (χ3n) is 3.70. The second-order valence-corrected chi connectivity index (χ2v) is 4.77. The third-order valence-corrected chi connectivity index (χ3v) is 3.70. The Morgan fingerprint density at radius 2 is 2.06 bits per heavy atom. The predicted molar refractivity (Wildman–Crippen MR) is 72.5 cm³/mol. The van der Waals surface area contributed by atoms with Crippen LogP contribution in [0.25, 0.3) is 0 Å². The second-order valence-electron chi connectivity index (χ2n) is 4.77. The minimum absolute atomic E-state index is 0.497. The summed E-state index contributed by atoms with van der Waals surface area (Å²) in [7, 11) is 0. The van der Waals surface area contributed by atoms with Gasteiger partial charge in [-0.05, 0) is 25.5 Å². The number of pyridine rings is 1. The summed E-state index contributed by atoms with van der Waals surface area (Å²) in [6.07, 6.45) is 1.20. The highest BCUT2D eigenvalue weighted by atomic mass is 15.3. The first kappa shape index (κ1) is 12.8. The van der Waals surface area contributed by atoms with Crippen LogP contribution in [0.5, 0.6) is 0 Å². The molecule has 1 fully saturated rings. The van der Waals surface area contributed by atoms with Crippen molar-refractivity contribution in [3.63, 3.8) is 0 Å². The van der Waals surface area contributed by atoms with Crippen molar-refractivity contribution < 1.29 is 0 Å². The molecule has 1 aliphatic heterocycles. The van der Waals surface area contributed by atoms with Crippen LogP contribution < -0.4 is 4.90 Å². The average molecular weight is 244 g/mol. The molecule has 1 unspecified atom stereocenters. The summed E-state index contributed by atoms with van der Waals surface area (Å²) in [6, 6.07) is 8.39. The molecule has 1 saturated heterocycles. The van der Waals surface area contributed by atoms with Crippen molar-refractivity contribution in [1.82, 2.24) is 9.88 Å². The first-order valence-electron chi connectivity index (χ1n) is 6.60. The number of hydrogen-bond donors (Lipinski definition) is 0. The number of piperazine rings is 1. The molecule has 1 aromatic rings. The molecule has 2 rings (SSSR count). The van der Waals surface area contributed by atoms with E-state index in [0.29, 0.717) is 11.7 Å². The lowest BCUT2D eigenvalue weighted by molar-refractivity contribution is 0.192. The summed E-state index contributed by atoms with van der Waals surface area (Å²) >= 11 is 0. The fourth-order valence-corrected chi connectivity index (χ4v) is 2.31. The molecule has 1 aromatic heterocycles. The number of rotatable bonds is 3. The first-order valence-corrected chi connectivity index (χ1v) is 6.60. The molecule has 18 heavy (non-hydrogen) atoms. The van der Waals surface area contributed by atoms with Gasteiger partial charge in [0, 0.05) is 32.2 Å². The zero-order valence-electron chi connectivity index (χ0n) is 11.1. The van der Waals surface area contributed by atoms with Crippen LogP contribution in [0.15, 0.2) is 18.2 Å². The first-order chi connectivity index (χ1) is 8.74. The highest BCUT2D eigenvalue weighted by Gasteiger charge is 2.20. The van der Waals surface area contributed by atoms with Crippen molar-refractivity contribution in [2.75, 3.05) is 31.1 Å². The van der Waals surface area contributed by atoms with Crippen LogP contribution in [0.3, 0.4) is 0 Å². The van der Waals surface area contributed by atoms with Gasteiger partial charge in [0.25, 0.3) is 0 Å². The molecular formula is C14H20N4. The normalized spacial score (nSPS) is 18.4. The average Bonchev–Trinajstić information content (AvgIpc) is 2.46. The summed E-state index contributed by atoms with van der Waals surface area (Å²) in [5.74, 6) is 0.929. The molecule has 0 aromatic carbocycles. The predicted octanol–water partition coefficient (Wildman–Crippen LogP) is 1.87. The summed E-state index contributed by atoms with van der Waals surface area (Å²) < 4.78 is 0. The lowest BCUT2D eigenvalue weighted by atomic mass is 10.2. The van der Waals surface area contributed by atoms with Crippen molar-refractivity contribution in [2.45, 2.75) is 26.3 Å². The highest BCUT2D eigenvalue weighted by molar-refractivity contribution is 5.42. The largest absolute Gasteiger partial charge is 0.354 e. The van der Waals surface area contributed by atoms with Gasteiger partial charge in [-0.3, -0.25) is 4.90 Å². The Hall–Kier alpha value is -1.60. The van der Waals surface area contributed by atoms with Crippen molar-refractivity contribution in [3.05, 3.63) is 23.9 Å². The summed E-state index contributed by atoms with van der Waals surface area (Å²) in [5.41, 5.74) is 0.497. The van der Waals surface area contributed by atoms with Crippen molar-refractivity contribution in [2.24, 2.45) is 0 Å². The molecule has 0 bridgehead atoms. The van der Waals surface area contributed by atoms with Crippen LogP contribution in [0, 0.1) is 11.3 Å². The van der Waals surface area contributed by atoms with Crippen molar-refractivity contribution in [1.29, 1.82) is 5.26 Å².